The summed E-state index contributed by atoms with van der Waals surface area (Å²) in [5.41, 5.74) is 2.95. The number of carbonyl (C=O) groups excluding carboxylic acids is 1. The summed E-state index contributed by atoms with van der Waals surface area (Å²) in [6.07, 6.45) is 4.50. The summed E-state index contributed by atoms with van der Waals surface area (Å²) in [5, 5.41) is 14.7. The van der Waals surface area contributed by atoms with Crippen LogP contribution < -0.4 is 15.5 Å². The molecule has 10 heteroatoms. The maximum absolute atomic E-state index is 11.3. The molecule has 0 spiro atoms. The number of aromatic nitrogens is 3. The highest BCUT2D eigenvalue weighted by Crippen LogP contribution is 2.39. The van der Waals surface area contributed by atoms with Gasteiger partial charge in [0.2, 0.25) is 11.9 Å². The van der Waals surface area contributed by atoms with E-state index in [1.807, 2.05) is 6.20 Å². The highest BCUT2D eigenvalue weighted by molar-refractivity contribution is 7.19. The summed E-state index contributed by atoms with van der Waals surface area (Å²) < 4.78 is 0. The number of amides is 2. The molecule has 0 bridgehead atoms. The molecule has 148 valence electrons. The van der Waals surface area contributed by atoms with Crippen LogP contribution in [0, 0.1) is 5.92 Å². The first-order valence-corrected chi connectivity index (χ1v) is 10.2. The fraction of sp³-hybridized carbons (Fsp3) is 0.500. The van der Waals surface area contributed by atoms with Gasteiger partial charge < -0.3 is 20.6 Å². The molecule has 0 aromatic carbocycles. The van der Waals surface area contributed by atoms with E-state index in [0.717, 1.165) is 60.6 Å². The Balaban J connectivity index is 1.56. The Morgan fingerprint density at radius 2 is 2.21 bits per heavy atom. The molecule has 1 aliphatic heterocycles. The van der Waals surface area contributed by atoms with Gasteiger partial charge in [0.25, 0.3) is 0 Å². The van der Waals surface area contributed by atoms with E-state index < -0.39 is 6.09 Å². The third-order valence-corrected chi connectivity index (χ3v) is 6.04. The van der Waals surface area contributed by atoms with Crippen LogP contribution in [0.3, 0.4) is 0 Å². The summed E-state index contributed by atoms with van der Waals surface area (Å²) in [6.45, 7) is 3.50. The summed E-state index contributed by atoms with van der Waals surface area (Å²) >= 11 is 1.45. The first-order valence-electron chi connectivity index (χ1n) is 9.35. The molecule has 0 saturated carbocycles. The van der Waals surface area contributed by atoms with E-state index in [9.17, 15) is 9.59 Å². The molecule has 3 N–H and O–H groups in total. The van der Waals surface area contributed by atoms with Crippen molar-refractivity contribution in [1.82, 2.24) is 20.3 Å². The molecule has 1 saturated heterocycles. The van der Waals surface area contributed by atoms with Crippen LogP contribution in [0.5, 0.6) is 0 Å². The predicted molar refractivity (Wildman–Crippen MR) is 106 cm³/mol. The molecule has 4 rings (SSSR count). The molecule has 1 atom stereocenters. The number of rotatable bonds is 4. The van der Waals surface area contributed by atoms with Gasteiger partial charge in [0, 0.05) is 32.8 Å². The second kappa shape index (κ2) is 7.70. The SMILES string of the molecule is CC(=O)Nc1nc2c(s1)-c1nc(N3CCCC(CNC(=O)O)C3)ncc1CC2. The zero-order valence-electron chi connectivity index (χ0n) is 15.6. The van der Waals surface area contributed by atoms with Gasteiger partial charge in [-0.15, -0.1) is 0 Å². The minimum atomic E-state index is -0.991. The molecule has 1 aliphatic carbocycles. The average Bonchev–Trinajstić information content (AvgIpc) is 3.08. The minimum absolute atomic E-state index is 0.135. The number of piperidine rings is 1. The highest BCUT2D eigenvalue weighted by Gasteiger charge is 2.26. The molecule has 28 heavy (non-hydrogen) atoms. The van der Waals surface area contributed by atoms with Crippen LogP contribution in [-0.2, 0) is 17.6 Å². The van der Waals surface area contributed by atoms with Crippen LogP contribution in [0.1, 0.15) is 31.0 Å². The van der Waals surface area contributed by atoms with Crippen molar-refractivity contribution < 1.29 is 14.7 Å². The van der Waals surface area contributed by atoms with Crippen LogP contribution >= 0.6 is 11.3 Å². The van der Waals surface area contributed by atoms with Crippen LogP contribution in [0.2, 0.25) is 0 Å². The lowest BCUT2D eigenvalue weighted by Crippen LogP contribution is -2.41. The molecule has 2 amide bonds. The normalized spacial score (nSPS) is 18.2. The van der Waals surface area contributed by atoms with Gasteiger partial charge in [0.1, 0.15) is 0 Å². The van der Waals surface area contributed by atoms with Gasteiger partial charge in [0.05, 0.1) is 16.3 Å². The van der Waals surface area contributed by atoms with E-state index in [1.165, 1.54) is 18.3 Å². The summed E-state index contributed by atoms with van der Waals surface area (Å²) in [4.78, 5) is 39.2. The van der Waals surface area contributed by atoms with Crippen LogP contribution in [0.25, 0.3) is 10.6 Å². The van der Waals surface area contributed by atoms with Crippen molar-refractivity contribution in [3.05, 3.63) is 17.5 Å². The molecular weight excluding hydrogens is 380 g/mol. The zero-order chi connectivity index (χ0) is 19.7. The first-order chi connectivity index (χ1) is 13.5. The monoisotopic (exact) mass is 402 g/mol. The summed E-state index contributed by atoms with van der Waals surface area (Å²) in [5.74, 6) is 0.778. The van der Waals surface area contributed by atoms with Crippen molar-refractivity contribution >= 4 is 34.4 Å². The topological polar surface area (TPSA) is 120 Å². The molecule has 2 aliphatic rings. The fourth-order valence-electron chi connectivity index (χ4n) is 3.74. The van der Waals surface area contributed by atoms with E-state index in [-0.39, 0.29) is 11.8 Å². The van der Waals surface area contributed by atoms with Crippen LogP contribution in [-0.4, -0.2) is 51.7 Å². The lowest BCUT2D eigenvalue weighted by atomic mass is 9.98. The summed E-state index contributed by atoms with van der Waals surface area (Å²) in [6, 6.07) is 0. The molecule has 2 aromatic heterocycles. The Kier molecular flexibility index (Phi) is 5.12. The first kappa shape index (κ1) is 18.6. The Bertz CT molecular complexity index is 915. The fourth-order valence-corrected chi connectivity index (χ4v) is 4.82. The molecule has 1 unspecified atom stereocenters. The second-order valence-corrected chi connectivity index (χ2v) is 8.16. The molecule has 0 radical (unpaired) electrons. The number of hydrogen-bond acceptors (Lipinski definition) is 7. The number of carboxylic acid groups (broad SMARTS) is 1. The van der Waals surface area contributed by atoms with E-state index in [2.05, 4.69) is 25.5 Å². The van der Waals surface area contributed by atoms with Gasteiger partial charge in [-0.1, -0.05) is 11.3 Å². The van der Waals surface area contributed by atoms with Crippen LogP contribution in [0.15, 0.2) is 6.20 Å². The van der Waals surface area contributed by atoms with E-state index in [4.69, 9.17) is 10.1 Å². The lowest BCUT2D eigenvalue weighted by Gasteiger charge is -2.33. The quantitative estimate of drug-likeness (QED) is 0.716. The Hall–Kier alpha value is -2.75. The third kappa shape index (κ3) is 3.91. The highest BCUT2D eigenvalue weighted by atomic mass is 32.1. The van der Waals surface area contributed by atoms with Gasteiger partial charge in [-0.3, -0.25) is 4.79 Å². The number of hydrogen-bond donors (Lipinski definition) is 3. The Morgan fingerprint density at radius 1 is 1.36 bits per heavy atom. The van der Waals surface area contributed by atoms with Crippen molar-refractivity contribution in [3.63, 3.8) is 0 Å². The van der Waals surface area contributed by atoms with Gasteiger partial charge in [-0.05, 0) is 37.2 Å². The number of nitrogens with zero attached hydrogens (tertiary/aromatic N) is 4. The lowest BCUT2D eigenvalue weighted by molar-refractivity contribution is -0.114. The summed E-state index contributed by atoms with van der Waals surface area (Å²) in [7, 11) is 0. The van der Waals surface area contributed by atoms with Crippen molar-refractivity contribution in [2.75, 3.05) is 29.9 Å². The standard InChI is InChI=1S/C18H22N6O3S/c1-10(25)21-17-22-13-5-4-12-8-19-16(23-14(12)15(13)28-17)24-6-2-3-11(9-24)7-20-18(26)27/h8,11,20H,2-7,9H2,1H3,(H,26,27)(H,21,22,25). The minimum Gasteiger partial charge on any atom is -0.465 e. The molecule has 3 heterocycles. The number of carbonyl (C=O) groups is 2. The smallest absolute Gasteiger partial charge is 0.404 e. The number of thiazole rings is 1. The largest absolute Gasteiger partial charge is 0.465 e. The van der Waals surface area contributed by atoms with Crippen molar-refractivity contribution in [2.45, 2.75) is 32.6 Å². The van der Waals surface area contributed by atoms with Crippen molar-refractivity contribution in [3.8, 4) is 10.6 Å². The van der Waals surface area contributed by atoms with Gasteiger partial charge >= 0.3 is 6.09 Å². The van der Waals surface area contributed by atoms with E-state index in [1.54, 1.807) is 0 Å². The molecular formula is C18H22N6O3S. The van der Waals surface area contributed by atoms with Crippen LogP contribution in [0.4, 0.5) is 15.9 Å². The van der Waals surface area contributed by atoms with Gasteiger partial charge in [0.15, 0.2) is 5.13 Å². The third-order valence-electron chi connectivity index (χ3n) is 5.02. The Morgan fingerprint density at radius 3 is 3.00 bits per heavy atom. The van der Waals surface area contributed by atoms with E-state index in [0.29, 0.717) is 17.6 Å². The van der Waals surface area contributed by atoms with E-state index >= 15 is 0 Å². The van der Waals surface area contributed by atoms with Gasteiger partial charge in [-0.25, -0.2) is 19.7 Å². The predicted octanol–water partition coefficient (Wildman–Crippen LogP) is 2.14. The van der Waals surface area contributed by atoms with Crippen molar-refractivity contribution in [2.24, 2.45) is 5.92 Å². The number of anilines is 2. The number of fused-ring (bicyclic) bond motifs is 3. The van der Waals surface area contributed by atoms with Crippen molar-refractivity contribution in [1.29, 1.82) is 0 Å². The maximum atomic E-state index is 11.3. The maximum Gasteiger partial charge on any atom is 0.404 e. The van der Waals surface area contributed by atoms with Gasteiger partial charge in [-0.2, -0.15) is 0 Å². The zero-order valence-corrected chi connectivity index (χ0v) is 16.4. The average molecular weight is 402 g/mol. The number of nitrogens with one attached hydrogen (secondary N) is 2. The molecule has 9 nitrogen and oxygen atoms in total. The second-order valence-electron chi connectivity index (χ2n) is 7.16. The molecule has 1 fully saturated rings. The Labute approximate surface area is 166 Å². The number of aryl methyl sites for hydroxylation is 2. The molecule has 2 aromatic rings.